The zero-order valence-electron chi connectivity index (χ0n) is 22.6. The van der Waals surface area contributed by atoms with Gasteiger partial charge in [0.1, 0.15) is 17.5 Å². The highest BCUT2D eigenvalue weighted by atomic mass is 19.1. The number of benzene rings is 2. The van der Waals surface area contributed by atoms with Crippen LogP contribution in [0.5, 0.6) is 0 Å². The minimum atomic E-state index is -0.999. The standard InChI is InChI=1S/C29H33FN4O5/c1-29(2,3)39-28(37)34-10-5-11-38-25(17-34)26(35)32-22(15-31)13-20-7-6-19(14-24(20)30)18-8-9-23-21(12-18)16-33(4)27(23)36/h6-9,12,14,22,25H,5,10-11,13,16-17H2,1-4H3,(H,32,35)/t22-,25-/m0/s1. The van der Waals surface area contributed by atoms with Gasteiger partial charge in [0.25, 0.3) is 11.8 Å². The van der Waals surface area contributed by atoms with E-state index in [9.17, 15) is 19.6 Å². The van der Waals surface area contributed by atoms with E-state index in [1.54, 1.807) is 57.0 Å². The number of amides is 3. The Morgan fingerprint density at radius 2 is 1.95 bits per heavy atom. The largest absolute Gasteiger partial charge is 0.444 e. The van der Waals surface area contributed by atoms with Crippen molar-refractivity contribution in [3.05, 3.63) is 58.9 Å². The molecule has 9 nitrogen and oxygen atoms in total. The summed E-state index contributed by atoms with van der Waals surface area (Å²) in [6.07, 6.45) is -1.01. The van der Waals surface area contributed by atoms with Crippen molar-refractivity contribution in [2.75, 3.05) is 26.7 Å². The molecule has 0 aliphatic carbocycles. The van der Waals surface area contributed by atoms with Crippen molar-refractivity contribution in [1.29, 1.82) is 5.26 Å². The van der Waals surface area contributed by atoms with E-state index >= 15 is 4.39 Å². The summed E-state index contributed by atoms with van der Waals surface area (Å²) in [5.41, 5.74) is 2.57. The number of carbonyl (C=O) groups is 3. The van der Waals surface area contributed by atoms with Gasteiger partial charge < -0.3 is 24.6 Å². The number of nitrogens with zero attached hydrogens (tertiary/aromatic N) is 3. The summed E-state index contributed by atoms with van der Waals surface area (Å²) >= 11 is 0. The number of fused-ring (bicyclic) bond motifs is 1. The second kappa shape index (κ2) is 11.4. The summed E-state index contributed by atoms with van der Waals surface area (Å²) in [4.78, 5) is 40.6. The Morgan fingerprint density at radius 3 is 2.64 bits per heavy atom. The summed E-state index contributed by atoms with van der Waals surface area (Å²) in [5, 5.41) is 12.3. The number of nitriles is 1. The van der Waals surface area contributed by atoms with Gasteiger partial charge in [-0.25, -0.2) is 9.18 Å². The first-order valence-electron chi connectivity index (χ1n) is 12.9. The van der Waals surface area contributed by atoms with E-state index in [4.69, 9.17) is 9.47 Å². The number of hydrogen-bond donors (Lipinski definition) is 1. The number of rotatable bonds is 5. The average molecular weight is 537 g/mol. The Bertz CT molecular complexity index is 1320. The van der Waals surface area contributed by atoms with Crippen molar-refractivity contribution in [2.24, 2.45) is 0 Å². The van der Waals surface area contributed by atoms with Gasteiger partial charge >= 0.3 is 6.09 Å². The van der Waals surface area contributed by atoms with Crippen LogP contribution in [0.15, 0.2) is 36.4 Å². The van der Waals surface area contributed by atoms with E-state index in [2.05, 4.69) is 5.32 Å². The molecule has 4 rings (SSSR count). The summed E-state index contributed by atoms with van der Waals surface area (Å²) in [6, 6.07) is 11.2. The quantitative estimate of drug-likeness (QED) is 0.624. The molecule has 39 heavy (non-hydrogen) atoms. The summed E-state index contributed by atoms with van der Waals surface area (Å²) in [6.45, 7) is 6.45. The van der Waals surface area contributed by atoms with Crippen molar-refractivity contribution < 1.29 is 28.2 Å². The lowest BCUT2D eigenvalue weighted by Crippen LogP contribution is -2.48. The molecular weight excluding hydrogens is 503 g/mol. The van der Waals surface area contributed by atoms with Crippen molar-refractivity contribution in [3.8, 4) is 17.2 Å². The summed E-state index contributed by atoms with van der Waals surface area (Å²) in [7, 11) is 1.74. The Kier molecular flexibility index (Phi) is 8.21. The van der Waals surface area contributed by atoms with Crippen LogP contribution >= 0.6 is 0 Å². The summed E-state index contributed by atoms with van der Waals surface area (Å²) in [5.74, 6) is -1.08. The van der Waals surface area contributed by atoms with Crippen molar-refractivity contribution in [2.45, 2.75) is 57.9 Å². The smallest absolute Gasteiger partial charge is 0.410 e. The van der Waals surface area contributed by atoms with E-state index in [1.807, 2.05) is 12.1 Å². The molecule has 2 aliphatic heterocycles. The molecular formula is C29H33FN4O5. The number of hydrogen-bond acceptors (Lipinski definition) is 6. The molecule has 0 bridgehead atoms. The fraction of sp³-hybridized carbons (Fsp3) is 0.448. The molecule has 2 heterocycles. The summed E-state index contributed by atoms with van der Waals surface area (Å²) < 4.78 is 26.1. The molecule has 0 unspecified atom stereocenters. The Labute approximate surface area is 227 Å². The van der Waals surface area contributed by atoms with E-state index < -0.39 is 35.6 Å². The van der Waals surface area contributed by atoms with Gasteiger partial charge in [-0.1, -0.05) is 18.2 Å². The van der Waals surface area contributed by atoms with Gasteiger partial charge in [-0.3, -0.25) is 9.59 Å². The van der Waals surface area contributed by atoms with Gasteiger partial charge in [-0.05, 0) is 67.6 Å². The lowest BCUT2D eigenvalue weighted by Gasteiger charge is -2.27. The Morgan fingerprint density at radius 1 is 1.23 bits per heavy atom. The predicted molar refractivity (Wildman–Crippen MR) is 141 cm³/mol. The molecule has 206 valence electrons. The first-order chi connectivity index (χ1) is 18.4. The number of halogens is 1. The maximum atomic E-state index is 15.1. The minimum absolute atomic E-state index is 0.00980. The normalized spacial score (nSPS) is 18.2. The van der Waals surface area contributed by atoms with Crippen molar-refractivity contribution in [1.82, 2.24) is 15.1 Å². The van der Waals surface area contributed by atoms with Crippen molar-refractivity contribution in [3.63, 3.8) is 0 Å². The van der Waals surface area contributed by atoms with Gasteiger partial charge in [0, 0.05) is 38.7 Å². The minimum Gasteiger partial charge on any atom is -0.444 e. The van der Waals surface area contributed by atoms with Crippen LogP contribution in [0.2, 0.25) is 0 Å². The molecule has 2 atom stereocenters. The maximum absolute atomic E-state index is 15.1. The fourth-order valence-corrected chi connectivity index (χ4v) is 4.63. The molecule has 1 saturated heterocycles. The van der Waals surface area contributed by atoms with E-state index in [1.165, 1.54) is 11.0 Å². The third-order valence-electron chi connectivity index (χ3n) is 6.59. The van der Waals surface area contributed by atoms with Gasteiger partial charge in [-0.2, -0.15) is 5.26 Å². The zero-order chi connectivity index (χ0) is 28.3. The molecule has 1 N–H and O–H groups in total. The SMILES string of the molecule is CN1Cc2cc(-c3ccc(C[C@@H](C#N)NC(=O)[C@@H]4CN(C(=O)OC(C)(C)C)CCCO4)c(F)c3)ccc2C1=O. The lowest BCUT2D eigenvalue weighted by molar-refractivity contribution is -0.133. The highest BCUT2D eigenvalue weighted by molar-refractivity contribution is 5.98. The van der Waals surface area contributed by atoms with Gasteiger partial charge in [-0.15, -0.1) is 0 Å². The number of ether oxygens (including phenoxy) is 2. The maximum Gasteiger partial charge on any atom is 0.410 e. The van der Waals surface area contributed by atoms with Crippen molar-refractivity contribution >= 4 is 17.9 Å². The third kappa shape index (κ3) is 6.73. The lowest BCUT2D eigenvalue weighted by atomic mass is 9.97. The van der Waals surface area contributed by atoms with E-state index in [0.29, 0.717) is 30.6 Å². The highest BCUT2D eigenvalue weighted by Crippen LogP contribution is 2.29. The average Bonchev–Trinajstić information content (AvgIpc) is 3.03. The van der Waals surface area contributed by atoms with Crippen LogP contribution in [0, 0.1) is 17.1 Å². The predicted octanol–water partition coefficient (Wildman–Crippen LogP) is 3.66. The molecule has 2 aromatic carbocycles. The second-order valence-electron chi connectivity index (χ2n) is 10.9. The molecule has 2 aliphatic rings. The van der Waals surface area contributed by atoms with Crippen LogP contribution in [0.1, 0.15) is 48.7 Å². The highest BCUT2D eigenvalue weighted by Gasteiger charge is 2.31. The number of nitrogens with one attached hydrogen (secondary N) is 1. The van der Waals surface area contributed by atoms with Crippen LogP contribution < -0.4 is 5.32 Å². The first kappa shape index (κ1) is 28.0. The molecule has 0 saturated carbocycles. The van der Waals surface area contributed by atoms with Crippen LogP contribution in [0.4, 0.5) is 9.18 Å². The Hall–Kier alpha value is -3.97. The van der Waals surface area contributed by atoms with Gasteiger partial charge in [0.05, 0.1) is 12.6 Å². The fourth-order valence-electron chi connectivity index (χ4n) is 4.63. The topological polar surface area (TPSA) is 112 Å². The van der Waals surface area contributed by atoms with Crippen LogP contribution in [0.25, 0.3) is 11.1 Å². The third-order valence-corrected chi connectivity index (χ3v) is 6.59. The molecule has 2 aromatic rings. The van der Waals surface area contributed by atoms with Gasteiger partial charge in [0.15, 0.2) is 6.10 Å². The van der Waals surface area contributed by atoms with Crippen LogP contribution in [-0.2, 0) is 27.2 Å². The molecule has 0 aromatic heterocycles. The number of carbonyl (C=O) groups excluding carboxylic acids is 3. The molecule has 1 fully saturated rings. The second-order valence-corrected chi connectivity index (χ2v) is 10.9. The van der Waals surface area contributed by atoms with Crippen LogP contribution in [-0.4, -0.2) is 72.2 Å². The van der Waals surface area contributed by atoms with Gasteiger partial charge in [0.2, 0.25) is 0 Å². The Balaban J connectivity index is 1.41. The van der Waals surface area contributed by atoms with Crippen LogP contribution in [0.3, 0.4) is 0 Å². The van der Waals surface area contributed by atoms with E-state index in [-0.39, 0.29) is 31.0 Å². The molecule has 0 spiro atoms. The first-order valence-corrected chi connectivity index (χ1v) is 12.9. The molecule has 3 amide bonds. The monoisotopic (exact) mass is 536 g/mol. The molecule has 0 radical (unpaired) electrons. The molecule has 10 heteroatoms. The van der Waals surface area contributed by atoms with E-state index in [0.717, 1.165) is 11.1 Å². The zero-order valence-corrected chi connectivity index (χ0v) is 22.6.